The Morgan fingerprint density at radius 2 is 1.38 bits per heavy atom. The van der Waals surface area contributed by atoms with Crippen molar-refractivity contribution in [3.63, 3.8) is 0 Å². The Hall–Kier alpha value is 0.137. The number of hydrogen-bond acceptors (Lipinski definition) is 2. The number of rotatable bonds is 8. The fourth-order valence-electron chi connectivity index (χ4n) is 2.14. The first-order valence-corrected chi connectivity index (χ1v) is 6.98. The van der Waals surface area contributed by atoms with Crippen molar-refractivity contribution in [3.05, 3.63) is 0 Å². The summed E-state index contributed by atoms with van der Waals surface area (Å²) in [6, 6.07) is 0. The molecule has 0 spiro atoms. The molecule has 0 heterocycles. The molecule has 0 amide bonds. The van der Waals surface area contributed by atoms with Gasteiger partial charge in [0, 0.05) is 0 Å². The minimum Gasteiger partial charge on any atom is -0.403 e. The molecule has 80 valence electrons. The van der Waals surface area contributed by atoms with Gasteiger partial charge in [0.25, 0.3) is 0 Å². The molecule has 0 aromatic rings. The van der Waals surface area contributed by atoms with Crippen molar-refractivity contribution in [2.45, 2.75) is 64.9 Å². The van der Waals surface area contributed by atoms with Crippen molar-refractivity contribution in [3.8, 4) is 0 Å². The zero-order chi connectivity index (χ0) is 10.2. The van der Waals surface area contributed by atoms with E-state index in [9.17, 15) is 0 Å². The lowest BCUT2D eigenvalue weighted by molar-refractivity contribution is 0.0425. The second kappa shape index (κ2) is 7.53. The van der Waals surface area contributed by atoms with Crippen LogP contribution in [0, 0.1) is 0 Å². The lowest BCUT2D eigenvalue weighted by Gasteiger charge is -2.33. The maximum absolute atomic E-state index is 5.87. The van der Waals surface area contributed by atoms with Gasteiger partial charge in [-0.1, -0.05) is 40.0 Å². The van der Waals surface area contributed by atoms with Crippen LogP contribution in [0.2, 0.25) is 0 Å². The summed E-state index contributed by atoms with van der Waals surface area (Å²) < 4.78 is 5.87. The molecule has 3 heteroatoms. The molecule has 2 N–H and O–H groups in total. The van der Waals surface area contributed by atoms with Gasteiger partial charge in [-0.05, 0) is 19.3 Å². The number of nitrogens with two attached hydrogens (primary N) is 1. The predicted molar refractivity (Wildman–Crippen MR) is 61.3 cm³/mol. The molecule has 0 atom stereocenters. The van der Waals surface area contributed by atoms with E-state index in [1.807, 2.05) is 0 Å². The highest BCUT2D eigenvalue weighted by Gasteiger charge is 2.26. The first-order valence-electron chi connectivity index (χ1n) is 5.58. The van der Waals surface area contributed by atoms with E-state index in [1.54, 1.807) is 0 Å². The van der Waals surface area contributed by atoms with Crippen molar-refractivity contribution in [2.24, 2.45) is 5.40 Å². The fraction of sp³-hybridized carbons (Fsp3) is 1.00. The molecule has 0 fully saturated rings. The monoisotopic (exact) mass is 203 g/mol. The summed E-state index contributed by atoms with van der Waals surface area (Å²) in [6.45, 7) is 6.67. The fourth-order valence-corrected chi connectivity index (χ4v) is 2.92. The summed E-state index contributed by atoms with van der Waals surface area (Å²) >= 11 is 0. The third-order valence-corrected chi connectivity index (χ3v) is 3.29. The van der Waals surface area contributed by atoms with Gasteiger partial charge in [-0.25, -0.2) is 0 Å². The maximum atomic E-state index is 5.87. The third kappa shape index (κ3) is 4.79. The van der Waals surface area contributed by atoms with Gasteiger partial charge in [0.1, 0.15) is 0 Å². The molecule has 0 aromatic carbocycles. The summed E-state index contributed by atoms with van der Waals surface area (Å²) in [6.07, 6.45) is 7.15. The SMILES string of the molecule is CCCC(CCC)(CCC)O[SiH2]N. The van der Waals surface area contributed by atoms with Crippen LogP contribution in [-0.2, 0) is 4.43 Å². The Balaban J connectivity index is 4.19. The molecule has 0 aliphatic carbocycles. The van der Waals surface area contributed by atoms with E-state index < -0.39 is 9.92 Å². The van der Waals surface area contributed by atoms with Crippen LogP contribution in [0.3, 0.4) is 0 Å². The van der Waals surface area contributed by atoms with Gasteiger partial charge in [-0.2, -0.15) is 0 Å². The lowest BCUT2D eigenvalue weighted by Crippen LogP contribution is -2.36. The molecular formula is C10H25NOSi. The molecule has 0 aliphatic heterocycles. The molecular weight excluding hydrogens is 178 g/mol. The Kier molecular flexibility index (Phi) is 7.61. The maximum Gasteiger partial charge on any atom is 0.234 e. The van der Waals surface area contributed by atoms with Crippen LogP contribution in [0.1, 0.15) is 59.3 Å². The highest BCUT2D eigenvalue weighted by molar-refractivity contribution is 6.22. The third-order valence-electron chi connectivity index (χ3n) is 2.51. The average Bonchev–Trinajstić information content (AvgIpc) is 2.06. The summed E-state index contributed by atoms with van der Waals surface area (Å²) in [4.78, 5) is 0. The van der Waals surface area contributed by atoms with Crippen molar-refractivity contribution in [2.75, 3.05) is 0 Å². The quantitative estimate of drug-likeness (QED) is 0.613. The second-order valence-electron chi connectivity index (χ2n) is 3.74. The first-order chi connectivity index (χ1) is 6.24. The largest absolute Gasteiger partial charge is 0.403 e. The minimum atomic E-state index is -0.751. The molecule has 0 radical (unpaired) electrons. The van der Waals surface area contributed by atoms with Crippen LogP contribution >= 0.6 is 0 Å². The molecule has 0 bridgehead atoms. The Bertz CT molecular complexity index is 90.0. The molecule has 0 aromatic heterocycles. The molecule has 0 rings (SSSR count). The van der Waals surface area contributed by atoms with E-state index in [0.29, 0.717) is 0 Å². The van der Waals surface area contributed by atoms with Crippen LogP contribution in [0.5, 0.6) is 0 Å². The molecule has 0 aliphatic rings. The Labute approximate surface area is 85.3 Å². The number of hydrogen-bond donors (Lipinski definition) is 1. The molecule has 0 saturated heterocycles. The molecule has 0 unspecified atom stereocenters. The molecule has 0 saturated carbocycles. The van der Waals surface area contributed by atoms with Gasteiger partial charge in [0.2, 0.25) is 9.92 Å². The van der Waals surface area contributed by atoms with E-state index >= 15 is 0 Å². The first kappa shape index (κ1) is 13.1. The van der Waals surface area contributed by atoms with E-state index in [0.717, 1.165) is 0 Å². The summed E-state index contributed by atoms with van der Waals surface area (Å²) in [5.74, 6) is 0. The van der Waals surface area contributed by atoms with Crippen LogP contribution in [-0.4, -0.2) is 15.5 Å². The summed E-state index contributed by atoms with van der Waals surface area (Å²) in [7, 11) is -0.751. The lowest BCUT2D eigenvalue weighted by atomic mass is 9.88. The topological polar surface area (TPSA) is 35.2 Å². The minimum absolute atomic E-state index is 0.138. The normalized spacial score (nSPS) is 12.9. The Morgan fingerprint density at radius 1 is 1.00 bits per heavy atom. The van der Waals surface area contributed by atoms with Crippen molar-refractivity contribution in [1.82, 2.24) is 0 Å². The van der Waals surface area contributed by atoms with E-state index in [-0.39, 0.29) is 5.60 Å². The van der Waals surface area contributed by atoms with Crippen molar-refractivity contribution in [1.29, 1.82) is 0 Å². The van der Waals surface area contributed by atoms with Crippen LogP contribution in [0.25, 0.3) is 0 Å². The van der Waals surface area contributed by atoms with E-state index in [2.05, 4.69) is 20.8 Å². The van der Waals surface area contributed by atoms with Crippen LogP contribution in [0.15, 0.2) is 0 Å². The summed E-state index contributed by atoms with van der Waals surface area (Å²) in [5, 5.41) is 5.62. The zero-order valence-electron chi connectivity index (χ0n) is 9.44. The zero-order valence-corrected chi connectivity index (χ0v) is 10.8. The molecule has 13 heavy (non-hydrogen) atoms. The second-order valence-corrected chi connectivity index (χ2v) is 4.37. The highest BCUT2D eigenvalue weighted by Crippen LogP contribution is 2.28. The standard InChI is InChI=1S/C10H25NOSi/c1-4-7-10(8-5-2,9-6-3)12-13-11/h4-9,11,13H2,1-3H3. The predicted octanol–water partition coefficient (Wildman–Crippen LogP) is 2.10. The van der Waals surface area contributed by atoms with Gasteiger partial charge in [-0.15, -0.1) is 0 Å². The smallest absolute Gasteiger partial charge is 0.234 e. The van der Waals surface area contributed by atoms with Gasteiger partial charge < -0.3 is 9.83 Å². The Morgan fingerprint density at radius 3 is 1.62 bits per heavy atom. The van der Waals surface area contributed by atoms with Gasteiger partial charge in [0.05, 0.1) is 5.60 Å². The van der Waals surface area contributed by atoms with Gasteiger partial charge >= 0.3 is 0 Å². The average molecular weight is 203 g/mol. The molecule has 2 nitrogen and oxygen atoms in total. The van der Waals surface area contributed by atoms with E-state index in [1.165, 1.54) is 38.5 Å². The highest BCUT2D eigenvalue weighted by atomic mass is 28.2. The van der Waals surface area contributed by atoms with Crippen LogP contribution < -0.4 is 5.40 Å². The van der Waals surface area contributed by atoms with Gasteiger partial charge in [-0.3, -0.25) is 0 Å². The van der Waals surface area contributed by atoms with Gasteiger partial charge in [0.15, 0.2) is 0 Å². The van der Waals surface area contributed by atoms with Crippen LogP contribution in [0.4, 0.5) is 0 Å². The van der Waals surface area contributed by atoms with E-state index in [4.69, 9.17) is 9.83 Å². The van der Waals surface area contributed by atoms with Crippen molar-refractivity contribution < 1.29 is 4.43 Å². The van der Waals surface area contributed by atoms with Crippen molar-refractivity contribution >= 4 is 9.92 Å². The summed E-state index contributed by atoms with van der Waals surface area (Å²) in [5.41, 5.74) is 0.138.